The molecule has 20 heavy (non-hydrogen) atoms. The van der Waals surface area contributed by atoms with Gasteiger partial charge in [-0.1, -0.05) is 27.7 Å². The normalized spacial score (nSPS) is 32.4. The maximum atomic E-state index is 3.75. The van der Waals surface area contributed by atoms with E-state index in [-0.39, 0.29) is 0 Å². The Bertz CT molecular complexity index is 282. The molecule has 2 aliphatic rings. The van der Waals surface area contributed by atoms with Gasteiger partial charge in [-0.05, 0) is 44.2 Å². The van der Waals surface area contributed by atoms with E-state index in [9.17, 15) is 0 Å². The van der Waals surface area contributed by atoms with Gasteiger partial charge in [-0.3, -0.25) is 4.90 Å². The Hall–Kier alpha value is -0.120. The van der Waals surface area contributed by atoms with Crippen LogP contribution in [0, 0.1) is 5.41 Å². The highest BCUT2D eigenvalue weighted by atomic mass is 15.3. The average Bonchev–Trinajstić information content (AvgIpc) is 2.42. The molecule has 118 valence electrons. The van der Waals surface area contributed by atoms with Crippen LogP contribution in [0.15, 0.2) is 0 Å². The van der Waals surface area contributed by atoms with Crippen LogP contribution in [0.1, 0.15) is 53.4 Å². The van der Waals surface area contributed by atoms with E-state index in [1.807, 2.05) is 0 Å². The summed E-state index contributed by atoms with van der Waals surface area (Å²) < 4.78 is 0. The zero-order valence-corrected chi connectivity index (χ0v) is 14.1. The maximum absolute atomic E-state index is 3.75. The predicted molar refractivity (Wildman–Crippen MR) is 87.2 cm³/mol. The molecule has 2 fully saturated rings. The van der Waals surface area contributed by atoms with Crippen molar-refractivity contribution < 1.29 is 0 Å². The Morgan fingerprint density at radius 3 is 2.40 bits per heavy atom. The molecule has 1 aliphatic heterocycles. The predicted octanol–water partition coefficient (Wildman–Crippen LogP) is 2.57. The molecule has 0 amide bonds. The van der Waals surface area contributed by atoms with Crippen molar-refractivity contribution in [3.05, 3.63) is 0 Å². The Balaban J connectivity index is 1.93. The molecule has 0 aromatic rings. The zero-order valence-electron chi connectivity index (χ0n) is 14.1. The van der Waals surface area contributed by atoms with Crippen molar-refractivity contribution in [3.8, 4) is 0 Å². The van der Waals surface area contributed by atoms with Crippen molar-refractivity contribution in [1.29, 1.82) is 0 Å². The van der Waals surface area contributed by atoms with Crippen LogP contribution in [-0.2, 0) is 0 Å². The molecule has 1 saturated carbocycles. The second kappa shape index (κ2) is 7.24. The quantitative estimate of drug-likeness (QED) is 0.835. The molecule has 0 aromatic heterocycles. The first-order valence-electron chi connectivity index (χ1n) is 8.75. The highest BCUT2D eigenvalue weighted by Gasteiger charge is 2.38. The summed E-state index contributed by atoms with van der Waals surface area (Å²) in [5, 5.41) is 3.75. The third kappa shape index (κ3) is 4.19. The third-order valence-corrected chi connectivity index (χ3v) is 5.24. The van der Waals surface area contributed by atoms with Gasteiger partial charge in [0.1, 0.15) is 0 Å². The van der Waals surface area contributed by atoms with Gasteiger partial charge in [0.2, 0.25) is 0 Å². The van der Waals surface area contributed by atoms with Gasteiger partial charge in [-0.2, -0.15) is 0 Å². The molecular weight excluding hydrogens is 246 g/mol. The van der Waals surface area contributed by atoms with Crippen LogP contribution in [0.5, 0.6) is 0 Å². The molecule has 2 unspecified atom stereocenters. The first-order valence-corrected chi connectivity index (χ1v) is 8.75. The van der Waals surface area contributed by atoms with E-state index < -0.39 is 0 Å². The largest absolute Gasteiger partial charge is 0.313 e. The molecule has 0 bridgehead atoms. The van der Waals surface area contributed by atoms with E-state index in [0.717, 1.165) is 12.6 Å². The molecule has 0 radical (unpaired) electrons. The number of hydrogen-bond acceptors (Lipinski definition) is 3. The highest BCUT2D eigenvalue weighted by molar-refractivity contribution is 4.95. The van der Waals surface area contributed by atoms with Crippen LogP contribution in [0.25, 0.3) is 0 Å². The average molecular weight is 281 g/mol. The summed E-state index contributed by atoms with van der Waals surface area (Å²) in [6.07, 6.45) is 5.37. The van der Waals surface area contributed by atoms with Gasteiger partial charge in [-0.15, -0.1) is 0 Å². The second-order valence-corrected chi connectivity index (χ2v) is 7.52. The summed E-state index contributed by atoms with van der Waals surface area (Å²) in [4.78, 5) is 5.41. The smallest absolute Gasteiger partial charge is 0.0255 e. The lowest BCUT2D eigenvalue weighted by Gasteiger charge is -2.48. The van der Waals surface area contributed by atoms with E-state index in [1.54, 1.807) is 0 Å². The fraction of sp³-hybridized carbons (Fsp3) is 1.00. The number of rotatable bonds is 5. The molecule has 3 nitrogen and oxygen atoms in total. The summed E-state index contributed by atoms with van der Waals surface area (Å²) in [5.74, 6) is 0. The molecular formula is C17H35N3. The molecule has 1 heterocycles. The fourth-order valence-corrected chi connectivity index (χ4v) is 4.07. The van der Waals surface area contributed by atoms with Crippen LogP contribution >= 0.6 is 0 Å². The van der Waals surface area contributed by atoms with Gasteiger partial charge in [-0.25, -0.2) is 0 Å². The van der Waals surface area contributed by atoms with Gasteiger partial charge in [0.05, 0.1) is 0 Å². The van der Waals surface area contributed by atoms with Gasteiger partial charge in [0, 0.05) is 38.3 Å². The SMILES string of the molecule is CCCN1CCN(C2CC(C)(C)CCC2NCC)CC1. The molecule has 2 rings (SSSR count). The van der Waals surface area contributed by atoms with Crippen LogP contribution in [0.2, 0.25) is 0 Å². The number of nitrogens with one attached hydrogen (secondary N) is 1. The molecule has 3 heteroatoms. The number of piperazine rings is 1. The molecule has 0 aromatic carbocycles. The Labute approximate surface area is 126 Å². The zero-order chi connectivity index (χ0) is 14.6. The molecule has 1 N–H and O–H groups in total. The first-order chi connectivity index (χ1) is 9.55. The Morgan fingerprint density at radius 2 is 1.80 bits per heavy atom. The van der Waals surface area contributed by atoms with Gasteiger partial charge < -0.3 is 10.2 Å². The number of hydrogen-bond donors (Lipinski definition) is 1. The van der Waals surface area contributed by atoms with Crippen LogP contribution in [-0.4, -0.2) is 61.2 Å². The summed E-state index contributed by atoms with van der Waals surface area (Å²) >= 11 is 0. The van der Waals surface area contributed by atoms with Crippen molar-refractivity contribution in [3.63, 3.8) is 0 Å². The van der Waals surface area contributed by atoms with Crippen LogP contribution in [0.3, 0.4) is 0 Å². The number of likely N-dealkylation sites (N-methyl/N-ethyl adjacent to an activating group) is 1. The van der Waals surface area contributed by atoms with E-state index in [1.165, 1.54) is 58.4 Å². The van der Waals surface area contributed by atoms with E-state index >= 15 is 0 Å². The maximum Gasteiger partial charge on any atom is 0.0255 e. The monoisotopic (exact) mass is 281 g/mol. The summed E-state index contributed by atoms with van der Waals surface area (Å²) in [5.41, 5.74) is 0.525. The summed E-state index contributed by atoms with van der Waals surface area (Å²) in [6, 6.07) is 1.47. The van der Waals surface area contributed by atoms with Crippen molar-refractivity contribution in [2.45, 2.75) is 65.5 Å². The minimum Gasteiger partial charge on any atom is -0.313 e. The van der Waals surface area contributed by atoms with Gasteiger partial charge >= 0.3 is 0 Å². The molecule has 1 saturated heterocycles. The lowest BCUT2D eigenvalue weighted by Crippen LogP contribution is -2.59. The minimum atomic E-state index is 0.525. The lowest BCUT2D eigenvalue weighted by molar-refractivity contribution is 0.0293. The minimum absolute atomic E-state index is 0.525. The Morgan fingerprint density at radius 1 is 1.10 bits per heavy atom. The summed E-state index contributed by atoms with van der Waals surface area (Å²) in [6.45, 7) is 16.9. The highest BCUT2D eigenvalue weighted by Crippen LogP contribution is 2.37. The fourth-order valence-electron chi connectivity index (χ4n) is 4.07. The standard InChI is InChI=1S/C17H35N3/c1-5-9-19-10-12-20(13-11-19)16-14-17(3,4)8-7-15(16)18-6-2/h15-16,18H,5-14H2,1-4H3. The van der Waals surface area contributed by atoms with Crippen LogP contribution < -0.4 is 5.32 Å². The van der Waals surface area contributed by atoms with Crippen LogP contribution in [0.4, 0.5) is 0 Å². The van der Waals surface area contributed by atoms with Crippen molar-refractivity contribution in [2.24, 2.45) is 5.41 Å². The molecule has 2 atom stereocenters. The molecule has 0 spiro atoms. The second-order valence-electron chi connectivity index (χ2n) is 7.52. The third-order valence-electron chi connectivity index (χ3n) is 5.24. The topological polar surface area (TPSA) is 18.5 Å². The summed E-state index contributed by atoms with van der Waals surface area (Å²) in [7, 11) is 0. The van der Waals surface area contributed by atoms with E-state index in [2.05, 4.69) is 42.8 Å². The van der Waals surface area contributed by atoms with Crippen molar-refractivity contribution in [2.75, 3.05) is 39.3 Å². The lowest BCUT2D eigenvalue weighted by atomic mass is 9.72. The Kier molecular flexibility index (Phi) is 5.88. The van der Waals surface area contributed by atoms with Gasteiger partial charge in [0.15, 0.2) is 0 Å². The van der Waals surface area contributed by atoms with Crippen molar-refractivity contribution in [1.82, 2.24) is 15.1 Å². The number of nitrogens with zero attached hydrogens (tertiary/aromatic N) is 2. The first kappa shape index (κ1) is 16.3. The molecule has 1 aliphatic carbocycles. The van der Waals surface area contributed by atoms with Gasteiger partial charge in [0.25, 0.3) is 0 Å². The van der Waals surface area contributed by atoms with Crippen molar-refractivity contribution >= 4 is 0 Å². The van der Waals surface area contributed by atoms with E-state index in [4.69, 9.17) is 0 Å². The van der Waals surface area contributed by atoms with E-state index in [0.29, 0.717) is 11.5 Å².